The van der Waals surface area contributed by atoms with Gasteiger partial charge >= 0.3 is 0 Å². The number of benzene rings is 1. The molecule has 4 heteroatoms. The van der Waals surface area contributed by atoms with Crippen molar-refractivity contribution in [3.8, 4) is 0 Å². The maximum absolute atomic E-state index is 8.82. The van der Waals surface area contributed by atoms with Gasteiger partial charge in [-0.2, -0.15) is 5.10 Å². The first-order valence-electron chi connectivity index (χ1n) is 5.52. The predicted octanol–water partition coefficient (Wildman–Crippen LogP) is 1.77. The summed E-state index contributed by atoms with van der Waals surface area (Å²) in [4.78, 5) is 0. The molecule has 0 amide bonds. The van der Waals surface area contributed by atoms with Crippen LogP contribution in [0.25, 0.3) is 10.9 Å². The Morgan fingerprint density at radius 3 is 2.94 bits per heavy atom. The molecule has 0 atom stereocenters. The summed E-state index contributed by atoms with van der Waals surface area (Å²) in [5.41, 5.74) is 3.23. The largest absolute Gasteiger partial charge is 0.396 e. The number of hydrogen-bond acceptors (Lipinski definition) is 3. The Kier molecular flexibility index (Phi) is 3.10. The van der Waals surface area contributed by atoms with Crippen LogP contribution < -0.4 is 5.32 Å². The van der Waals surface area contributed by atoms with Gasteiger partial charge in [0.05, 0.1) is 5.52 Å². The Balaban J connectivity index is 2.41. The van der Waals surface area contributed by atoms with Crippen LogP contribution in [-0.4, -0.2) is 28.5 Å². The van der Waals surface area contributed by atoms with Gasteiger partial charge in [0.25, 0.3) is 0 Å². The second-order valence-electron chi connectivity index (χ2n) is 3.87. The highest BCUT2D eigenvalue weighted by Gasteiger charge is 2.06. The molecule has 1 aromatic carbocycles. The Labute approximate surface area is 94.9 Å². The topological polar surface area (TPSA) is 50.1 Å². The number of aryl methyl sites for hydroxylation is 2. The number of aromatic nitrogens is 2. The fourth-order valence-electron chi connectivity index (χ4n) is 1.86. The lowest BCUT2D eigenvalue weighted by Gasteiger charge is -2.01. The third-order valence-corrected chi connectivity index (χ3v) is 2.82. The van der Waals surface area contributed by atoms with Crippen molar-refractivity contribution in [1.29, 1.82) is 0 Å². The second kappa shape index (κ2) is 4.53. The van der Waals surface area contributed by atoms with Gasteiger partial charge in [0.15, 0.2) is 0 Å². The van der Waals surface area contributed by atoms with Gasteiger partial charge in [-0.1, -0.05) is 0 Å². The lowest BCUT2D eigenvalue weighted by Crippen LogP contribution is -2.03. The molecule has 86 valence electrons. The highest BCUT2D eigenvalue weighted by atomic mass is 16.3. The van der Waals surface area contributed by atoms with Gasteiger partial charge < -0.3 is 10.4 Å². The van der Waals surface area contributed by atoms with Crippen LogP contribution in [-0.2, 0) is 6.54 Å². The van der Waals surface area contributed by atoms with E-state index < -0.39 is 0 Å². The first kappa shape index (κ1) is 11.0. The van der Waals surface area contributed by atoms with Crippen molar-refractivity contribution >= 4 is 16.6 Å². The highest BCUT2D eigenvalue weighted by Crippen LogP contribution is 2.21. The van der Waals surface area contributed by atoms with E-state index in [4.69, 9.17) is 5.11 Å². The SMILES string of the molecule is CNc1ccc2c(C)n(CCCO)nc2c1. The summed E-state index contributed by atoms with van der Waals surface area (Å²) < 4.78 is 1.96. The molecule has 0 fully saturated rings. The van der Waals surface area contributed by atoms with Gasteiger partial charge in [-0.15, -0.1) is 0 Å². The van der Waals surface area contributed by atoms with E-state index in [-0.39, 0.29) is 6.61 Å². The summed E-state index contributed by atoms with van der Waals surface area (Å²) in [6.45, 7) is 3.04. The van der Waals surface area contributed by atoms with E-state index in [0.29, 0.717) is 0 Å². The quantitative estimate of drug-likeness (QED) is 0.824. The lowest BCUT2D eigenvalue weighted by molar-refractivity contribution is 0.276. The van der Waals surface area contributed by atoms with E-state index in [0.717, 1.165) is 29.9 Å². The standard InChI is InChI=1S/C12H17N3O/c1-9-11-5-4-10(13-2)8-12(11)14-15(9)6-3-7-16/h4-5,8,13,16H,3,6-7H2,1-2H3. The van der Waals surface area contributed by atoms with Gasteiger partial charge in [-0.3, -0.25) is 4.68 Å². The zero-order chi connectivity index (χ0) is 11.5. The summed E-state index contributed by atoms with van der Waals surface area (Å²) in [7, 11) is 1.90. The van der Waals surface area contributed by atoms with E-state index >= 15 is 0 Å². The summed E-state index contributed by atoms with van der Waals surface area (Å²) in [6.07, 6.45) is 0.744. The smallest absolute Gasteiger partial charge is 0.0946 e. The predicted molar refractivity (Wildman–Crippen MR) is 65.7 cm³/mol. The van der Waals surface area contributed by atoms with Gasteiger partial charge in [-0.05, 0) is 31.5 Å². The maximum atomic E-state index is 8.82. The monoisotopic (exact) mass is 219 g/mol. The van der Waals surface area contributed by atoms with E-state index in [1.165, 1.54) is 5.39 Å². The van der Waals surface area contributed by atoms with Crippen molar-refractivity contribution in [3.63, 3.8) is 0 Å². The molecule has 4 nitrogen and oxygen atoms in total. The van der Waals surface area contributed by atoms with Crippen LogP contribution in [0.5, 0.6) is 0 Å². The molecule has 2 aromatic rings. The highest BCUT2D eigenvalue weighted by molar-refractivity contribution is 5.84. The fraction of sp³-hybridized carbons (Fsp3) is 0.417. The van der Waals surface area contributed by atoms with E-state index in [1.807, 2.05) is 23.9 Å². The van der Waals surface area contributed by atoms with E-state index in [2.05, 4.69) is 23.4 Å². The summed E-state index contributed by atoms with van der Waals surface area (Å²) in [5, 5.41) is 17.6. The number of fused-ring (bicyclic) bond motifs is 1. The fourth-order valence-corrected chi connectivity index (χ4v) is 1.86. The van der Waals surface area contributed by atoms with Crippen LogP contribution in [0.3, 0.4) is 0 Å². The van der Waals surface area contributed by atoms with Crippen LogP contribution in [0.2, 0.25) is 0 Å². The molecule has 0 saturated carbocycles. The molecule has 0 aliphatic heterocycles. The average Bonchev–Trinajstić information content (AvgIpc) is 2.63. The number of anilines is 1. The third-order valence-electron chi connectivity index (χ3n) is 2.82. The van der Waals surface area contributed by atoms with Crippen molar-refractivity contribution in [2.75, 3.05) is 19.0 Å². The Bertz CT molecular complexity index is 490. The van der Waals surface area contributed by atoms with Crippen LogP contribution in [0.4, 0.5) is 5.69 Å². The minimum atomic E-state index is 0.206. The van der Waals surface area contributed by atoms with Crippen LogP contribution >= 0.6 is 0 Å². The molecular weight excluding hydrogens is 202 g/mol. The maximum Gasteiger partial charge on any atom is 0.0946 e. The first-order chi connectivity index (χ1) is 7.76. The molecule has 0 unspecified atom stereocenters. The lowest BCUT2D eigenvalue weighted by atomic mass is 10.2. The molecule has 2 N–H and O–H groups in total. The van der Waals surface area contributed by atoms with Gasteiger partial charge in [0.2, 0.25) is 0 Å². The summed E-state index contributed by atoms with van der Waals surface area (Å²) in [5.74, 6) is 0. The molecule has 0 aliphatic rings. The molecule has 2 rings (SSSR count). The van der Waals surface area contributed by atoms with Gasteiger partial charge in [0.1, 0.15) is 0 Å². The second-order valence-corrected chi connectivity index (χ2v) is 3.87. The number of rotatable bonds is 4. The molecular formula is C12H17N3O. The van der Waals surface area contributed by atoms with Crippen molar-refractivity contribution in [2.45, 2.75) is 19.9 Å². The number of nitrogens with zero attached hydrogens (tertiary/aromatic N) is 2. The van der Waals surface area contributed by atoms with E-state index in [1.54, 1.807) is 0 Å². The van der Waals surface area contributed by atoms with Gasteiger partial charge in [-0.25, -0.2) is 0 Å². The van der Waals surface area contributed by atoms with Crippen molar-refractivity contribution in [3.05, 3.63) is 23.9 Å². The molecule has 0 radical (unpaired) electrons. The average molecular weight is 219 g/mol. The molecule has 0 aliphatic carbocycles. The Morgan fingerprint density at radius 2 is 2.25 bits per heavy atom. The molecule has 0 bridgehead atoms. The number of aliphatic hydroxyl groups is 1. The minimum Gasteiger partial charge on any atom is -0.396 e. The molecule has 0 saturated heterocycles. The van der Waals surface area contributed by atoms with Crippen molar-refractivity contribution in [1.82, 2.24) is 9.78 Å². The van der Waals surface area contributed by atoms with E-state index in [9.17, 15) is 0 Å². The first-order valence-corrected chi connectivity index (χ1v) is 5.52. The normalized spacial score (nSPS) is 10.9. The third kappa shape index (κ3) is 1.88. The van der Waals surface area contributed by atoms with Crippen molar-refractivity contribution < 1.29 is 5.11 Å². The molecule has 16 heavy (non-hydrogen) atoms. The summed E-state index contributed by atoms with van der Waals surface area (Å²) in [6, 6.07) is 6.17. The molecule has 0 spiro atoms. The number of aliphatic hydroxyl groups excluding tert-OH is 1. The number of hydrogen-bond donors (Lipinski definition) is 2. The minimum absolute atomic E-state index is 0.206. The Hall–Kier alpha value is -1.55. The van der Waals surface area contributed by atoms with Crippen LogP contribution in [0, 0.1) is 6.92 Å². The zero-order valence-electron chi connectivity index (χ0n) is 9.70. The van der Waals surface area contributed by atoms with Crippen LogP contribution in [0.15, 0.2) is 18.2 Å². The van der Waals surface area contributed by atoms with Crippen LogP contribution in [0.1, 0.15) is 12.1 Å². The summed E-state index contributed by atoms with van der Waals surface area (Å²) >= 11 is 0. The van der Waals surface area contributed by atoms with Gasteiger partial charge in [0, 0.05) is 37.0 Å². The number of nitrogens with one attached hydrogen (secondary N) is 1. The molecule has 1 aromatic heterocycles. The molecule has 1 heterocycles. The Morgan fingerprint density at radius 1 is 1.44 bits per heavy atom. The zero-order valence-corrected chi connectivity index (χ0v) is 9.70. The van der Waals surface area contributed by atoms with Crippen molar-refractivity contribution in [2.24, 2.45) is 0 Å².